The van der Waals surface area contributed by atoms with Crippen molar-refractivity contribution in [2.24, 2.45) is 0 Å². The first-order chi connectivity index (χ1) is 10.6. The van der Waals surface area contributed by atoms with Crippen molar-refractivity contribution in [3.8, 4) is 11.5 Å². The van der Waals surface area contributed by atoms with E-state index in [1.165, 1.54) is 5.56 Å². The Hall–Kier alpha value is -1.27. The molecule has 5 nitrogen and oxygen atoms in total. The minimum atomic E-state index is -3.09. The summed E-state index contributed by atoms with van der Waals surface area (Å²) in [5, 5.41) is 0. The van der Waals surface area contributed by atoms with Gasteiger partial charge in [-0.3, -0.25) is 0 Å². The molecule has 1 aliphatic heterocycles. The SMILES string of the molecule is CCCCS(=O)(=O)NCCCCc1ccc2c(c1)OCCO2. The molecule has 0 bridgehead atoms. The van der Waals surface area contributed by atoms with Crippen LogP contribution in [-0.2, 0) is 16.4 Å². The maximum atomic E-state index is 11.6. The molecule has 0 aliphatic carbocycles. The summed E-state index contributed by atoms with van der Waals surface area (Å²) in [6, 6.07) is 6.00. The van der Waals surface area contributed by atoms with Gasteiger partial charge in [0.25, 0.3) is 0 Å². The van der Waals surface area contributed by atoms with Crippen molar-refractivity contribution >= 4 is 10.0 Å². The van der Waals surface area contributed by atoms with Crippen LogP contribution >= 0.6 is 0 Å². The molecule has 0 saturated carbocycles. The molecule has 6 heteroatoms. The zero-order valence-corrected chi connectivity index (χ0v) is 14.0. The summed E-state index contributed by atoms with van der Waals surface area (Å²) >= 11 is 0. The van der Waals surface area contributed by atoms with Gasteiger partial charge in [-0.15, -0.1) is 0 Å². The van der Waals surface area contributed by atoms with Crippen molar-refractivity contribution in [2.75, 3.05) is 25.5 Å². The normalized spacial score (nSPS) is 14.0. The molecular formula is C16H25NO4S. The van der Waals surface area contributed by atoms with Gasteiger partial charge in [0.1, 0.15) is 13.2 Å². The van der Waals surface area contributed by atoms with E-state index in [-0.39, 0.29) is 5.75 Å². The number of fused-ring (bicyclic) bond motifs is 1. The highest BCUT2D eigenvalue weighted by Gasteiger charge is 2.11. The third kappa shape index (κ3) is 5.50. The van der Waals surface area contributed by atoms with Gasteiger partial charge >= 0.3 is 0 Å². The Morgan fingerprint density at radius 1 is 1.09 bits per heavy atom. The molecule has 2 rings (SSSR count). The van der Waals surface area contributed by atoms with E-state index < -0.39 is 10.0 Å². The lowest BCUT2D eigenvalue weighted by atomic mass is 10.1. The van der Waals surface area contributed by atoms with Crippen molar-refractivity contribution in [1.29, 1.82) is 0 Å². The highest BCUT2D eigenvalue weighted by atomic mass is 32.2. The molecule has 22 heavy (non-hydrogen) atoms. The van der Waals surface area contributed by atoms with E-state index >= 15 is 0 Å². The van der Waals surface area contributed by atoms with Gasteiger partial charge in [-0.2, -0.15) is 0 Å². The van der Waals surface area contributed by atoms with Gasteiger partial charge in [-0.25, -0.2) is 13.1 Å². The average Bonchev–Trinajstić information content (AvgIpc) is 2.52. The van der Waals surface area contributed by atoms with Crippen LogP contribution in [0.2, 0.25) is 0 Å². The van der Waals surface area contributed by atoms with Crippen LogP contribution in [-0.4, -0.2) is 33.9 Å². The van der Waals surface area contributed by atoms with Gasteiger partial charge < -0.3 is 9.47 Å². The molecule has 0 amide bonds. The van der Waals surface area contributed by atoms with E-state index in [1.54, 1.807) is 0 Å². The van der Waals surface area contributed by atoms with E-state index in [9.17, 15) is 8.42 Å². The summed E-state index contributed by atoms with van der Waals surface area (Å²) in [7, 11) is -3.09. The molecule has 124 valence electrons. The number of nitrogens with one attached hydrogen (secondary N) is 1. The number of sulfonamides is 1. The van der Waals surface area contributed by atoms with Crippen LogP contribution in [0.5, 0.6) is 11.5 Å². The Labute approximate surface area is 133 Å². The monoisotopic (exact) mass is 327 g/mol. The van der Waals surface area contributed by atoms with Crippen LogP contribution in [0.3, 0.4) is 0 Å². The molecule has 0 spiro atoms. The van der Waals surface area contributed by atoms with Gasteiger partial charge in [0.05, 0.1) is 5.75 Å². The Bertz CT molecular complexity index is 572. The Morgan fingerprint density at radius 2 is 1.86 bits per heavy atom. The Morgan fingerprint density at radius 3 is 2.64 bits per heavy atom. The number of benzene rings is 1. The molecule has 1 N–H and O–H groups in total. The van der Waals surface area contributed by atoms with E-state index in [2.05, 4.69) is 4.72 Å². The lowest BCUT2D eigenvalue weighted by Crippen LogP contribution is -2.27. The van der Waals surface area contributed by atoms with Crippen molar-refractivity contribution in [2.45, 2.75) is 39.0 Å². The van der Waals surface area contributed by atoms with Crippen molar-refractivity contribution in [1.82, 2.24) is 4.72 Å². The number of hydrogen-bond acceptors (Lipinski definition) is 4. The first kappa shape index (κ1) is 17.1. The molecule has 0 aromatic heterocycles. The third-order valence-corrected chi connectivity index (χ3v) is 5.06. The average molecular weight is 327 g/mol. The van der Waals surface area contributed by atoms with Gasteiger partial charge in [-0.05, 0) is 43.4 Å². The molecule has 0 atom stereocenters. The number of unbranched alkanes of at least 4 members (excludes halogenated alkanes) is 2. The fourth-order valence-electron chi connectivity index (χ4n) is 2.33. The summed E-state index contributed by atoms with van der Waals surface area (Å²) in [6.45, 7) is 3.69. The summed E-state index contributed by atoms with van der Waals surface area (Å²) in [5.41, 5.74) is 1.19. The largest absolute Gasteiger partial charge is 0.486 e. The summed E-state index contributed by atoms with van der Waals surface area (Å²) in [4.78, 5) is 0. The van der Waals surface area contributed by atoms with Crippen molar-refractivity contribution in [3.63, 3.8) is 0 Å². The lowest BCUT2D eigenvalue weighted by Gasteiger charge is -2.18. The molecule has 0 unspecified atom stereocenters. The van der Waals surface area contributed by atoms with Crippen LogP contribution in [0.4, 0.5) is 0 Å². The molecule has 0 radical (unpaired) electrons. The van der Waals surface area contributed by atoms with Gasteiger partial charge in [-0.1, -0.05) is 19.4 Å². The molecule has 0 fully saturated rings. The first-order valence-corrected chi connectivity index (χ1v) is 9.62. The minimum absolute atomic E-state index is 0.228. The van der Waals surface area contributed by atoms with Gasteiger partial charge in [0, 0.05) is 6.54 Å². The van der Waals surface area contributed by atoms with Gasteiger partial charge in [0.2, 0.25) is 10.0 Å². The molecular weight excluding hydrogens is 302 g/mol. The maximum Gasteiger partial charge on any atom is 0.211 e. The predicted octanol–water partition coefficient (Wildman–Crippen LogP) is 2.50. The quantitative estimate of drug-likeness (QED) is 0.708. The maximum absolute atomic E-state index is 11.6. The zero-order valence-electron chi connectivity index (χ0n) is 13.1. The van der Waals surface area contributed by atoms with Crippen LogP contribution < -0.4 is 14.2 Å². The summed E-state index contributed by atoms with van der Waals surface area (Å²) < 4.78 is 37.0. The van der Waals surface area contributed by atoms with E-state index in [1.807, 2.05) is 25.1 Å². The van der Waals surface area contributed by atoms with Crippen LogP contribution in [0, 0.1) is 0 Å². The summed E-state index contributed by atoms with van der Waals surface area (Å²) in [6.07, 6.45) is 4.29. The zero-order chi connectivity index (χ0) is 15.8. The fraction of sp³-hybridized carbons (Fsp3) is 0.625. The predicted molar refractivity (Wildman–Crippen MR) is 87.1 cm³/mol. The minimum Gasteiger partial charge on any atom is -0.486 e. The van der Waals surface area contributed by atoms with Gasteiger partial charge in [0.15, 0.2) is 11.5 Å². The number of rotatable bonds is 9. The van der Waals surface area contributed by atoms with E-state index in [0.29, 0.717) is 26.2 Å². The van der Waals surface area contributed by atoms with Crippen LogP contribution in [0.15, 0.2) is 18.2 Å². The Balaban J connectivity index is 1.69. The second kappa shape index (κ2) is 8.39. The highest BCUT2D eigenvalue weighted by Crippen LogP contribution is 2.31. The first-order valence-electron chi connectivity index (χ1n) is 7.96. The Kier molecular flexibility index (Phi) is 6.51. The molecule has 1 aromatic carbocycles. The van der Waals surface area contributed by atoms with Crippen molar-refractivity contribution in [3.05, 3.63) is 23.8 Å². The van der Waals surface area contributed by atoms with Crippen LogP contribution in [0.1, 0.15) is 38.2 Å². The summed E-state index contributed by atoms with van der Waals surface area (Å²) in [5.74, 6) is 1.84. The molecule has 1 aliphatic rings. The lowest BCUT2D eigenvalue weighted by molar-refractivity contribution is 0.171. The number of ether oxygens (including phenoxy) is 2. The topological polar surface area (TPSA) is 64.6 Å². The third-order valence-electron chi connectivity index (χ3n) is 3.59. The smallest absolute Gasteiger partial charge is 0.211 e. The standard InChI is InChI=1S/C16H25NO4S/c1-2-3-12-22(18,19)17-9-5-4-6-14-7-8-15-16(13-14)21-11-10-20-15/h7-8,13,17H,2-6,9-12H2,1H3. The molecule has 1 heterocycles. The highest BCUT2D eigenvalue weighted by molar-refractivity contribution is 7.89. The molecule has 0 saturated heterocycles. The number of hydrogen-bond donors (Lipinski definition) is 1. The number of aryl methyl sites for hydroxylation is 1. The van der Waals surface area contributed by atoms with E-state index in [4.69, 9.17) is 9.47 Å². The second-order valence-electron chi connectivity index (χ2n) is 5.50. The second-order valence-corrected chi connectivity index (χ2v) is 7.43. The van der Waals surface area contributed by atoms with Crippen LogP contribution in [0.25, 0.3) is 0 Å². The van der Waals surface area contributed by atoms with Crippen molar-refractivity contribution < 1.29 is 17.9 Å². The fourth-order valence-corrected chi connectivity index (χ4v) is 3.60. The van der Waals surface area contributed by atoms with E-state index in [0.717, 1.165) is 37.2 Å². The molecule has 1 aromatic rings.